The quantitative estimate of drug-likeness (QED) is 0.576. The van der Waals surface area contributed by atoms with Crippen LogP contribution in [0.25, 0.3) is 0 Å². The van der Waals surface area contributed by atoms with Gasteiger partial charge in [-0.3, -0.25) is 0 Å². The maximum absolute atomic E-state index is 12.5. The zero-order valence-corrected chi connectivity index (χ0v) is 14.2. The highest BCUT2D eigenvalue weighted by atomic mass is 35.5. The average Bonchev–Trinajstić information content (AvgIpc) is 2.79. The first kappa shape index (κ1) is 15.1. The number of hydrogen-bond acceptors (Lipinski definition) is 5. The normalized spacial score (nSPS) is 29.1. The van der Waals surface area contributed by atoms with Gasteiger partial charge in [0.15, 0.2) is 0 Å². The fraction of sp³-hybridized carbons (Fsp3) is 0.667. The van der Waals surface area contributed by atoms with Crippen LogP contribution in [0.15, 0.2) is 0 Å². The summed E-state index contributed by atoms with van der Waals surface area (Å²) >= 11 is 6.38. The predicted molar refractivity (Wildman–Crippen MR) is 86.0 cm³/mol. The number of carbonyl (C=O) groups is 1. The SMILES string of the molecule is O=C1OC2(CCOCC2)c2c1c(Cl)nc1c2[C@@H](O)CC2(CCC2)C1. The summed E-state index contributed by atoms with van der Waals surface area (Å²) in [6.45, 7) is 1.09. The van der Waals surface area contributed by atoms with Gasteiger partial charge in [-0.05, 0) is 31.1 Å². The highest BCUT2D eigenvalue weighted by molar-refractivity contribution is 6.33. The van der Waals surface area contributed by atoms with Gasteiger partial charge in [-0.1, -0.05) is 18.0 Å². The largest absolute Gasteiger partial charge is 0.450 e. The Labute approximate surface area is 145 Å². The van der Waals surface area contributed by atoms with Gasteiger partial charge in [0.1, 0.15) is 16.3 Å². The number of hydrogen-bond donors (Lipinski definition) is 1. The Morgan fingerprint density at radius 3 is 2.62 bits per heavy atom. The van der Waals surface area contributed by atoms with Gasteiger partial charge in [0.25, 0.3) is 0 Å². The number of aliphatic hydroxyl groups excluding tert-OH is 1. The van der Waals surface area contributed by atoms with E-state index in [9.17, 15) is 9.90 Å². The van der Waals surface area contributed by atoms with Gasteiger partial charge < -0.3 is 14.6 Å². The minimum Gasteiger partial charge on any atom is -0.450 e. The zero-order chi connectivity index (χ0) is 16.5. The molecule has 1 atom stereocenters. The van der Waals surface area contributed by atoms with Gasteiger partial charge in [-0.15, -0.1) is 0 Å². The molecule has 1 saturated carbocycles. The molecule has 5 nitrogen and oxygen atoms in total. The summed E-state index contributed by atoms with van der Waals surface area (Å²) in [5.41, 5.74) is 2.30. The summed E-state index contributed by atoms with van der Waals surface area (Å²) in [7, 11) is 0. The molecule has 24 heavy (non-hydrogen) atoms. The van der Waals surface area contributed by atoms with Crippen LogP contribution in [0.4, 0.5) is 0 Å². The van der Waals surface area contributed by atoms with E-state index in [1.807, 2.05) is 0 Å². The van der Waals surface area contributed by atoms with Crippen LogP contribution in [0, 0.1) is 5.41 Å². The number of aromatic nitrogens is 1. The number of ether oxygens (including phenoxy) is 2. The standard InChI is InChI=1S/C18H20ClNO4/c19-15-13-14(18(24-16(13)22)4-6-23-7-5-18)12-10(20-15)8-17(2-1-3-17)9-11(12)21/h11,21H,1-9H2/t11-/m0/s1. The Morgan fingerprint density at radius 2 is 1.96 bits per heavy atom. The molecule has 128 valence electrons. The molecule has 1 aromatic heterocycles. The molecular formula is C18H20ClNO4. The van der Waals surface area contributed by atoms with E-state index in [1.165, 1.54) is 6.42 Å². The lowest BCUT2D eigenvalue weighted by Crippen LogP contribution is -2.40. The second-order valence-corrected chi connectivity index (χ2v) is 8.12. The van der Waals surface area contributed by atoms with E-state index in [0.29, 0.717) is 31.6 Å². The molecule has 0 radical (unpaired) electrons. The summed E-state index contributed by atoms with van der Waals surface area (Å²) in [6, 6.07) is 0. The van der Waals surface area contributed by atoms with Crippen LogP contribution in [-0.2, 0) is 21.5 Å². The van der Waals surface area contributed by atoms with E-state index in [2.05, 4.69) is 4.98 Å². The third-order valence-electron chi connectivity index (χ3n) is 6.43. The van der Waals surface area contributed by atoms with Crippen LogP contribution >= 0.6 is 11.6 Å². The Bertz CT molecular complexity index is 737. The Morgan fingerprint density at radius 1 is 1.21 bits per heavy atom. The lowest BCUT2D eigenvalue weighted by molar-refractivity contribution is -0.0754. The van der Waals surface area contributed by atoms with Crippen molar-refractivity contribution in [3.05, 3.63) is 27.5 Å². The van der Waals surface area contributed by atoms with Crippen molar-refractivity contribution in [1.29, 1.82) is 0 Å². The number of nitrogens with zero attached hydrogens (tertiary/aromatic N) is 1. The molecule has 2 aliphatic heterocycles. The number of halogens is 1. The molecule has 2 fully saturated rings. The molecule has 1 saturated heterocycles. The van der Waals surface area contributed by atoms with Gasteiger partial charge >= 0.3 is 5.97 Å². The maximum Gasteiger partial charge on any atom is 0.342 e. The number of pyridine rings is 1. The van der Waals surface area contributed by atoms with Crippen LogP contribution in [0.3, 0.4) is 0 Å². The number of rotatable bonds is 0. The van der Waals surface area contributed by atoms with Crippen molar-refractivity contribution >= 4 is 17.6 Å². The smallest absolute Gasteiger partial charge is 0.342 e. The fourth-order valence-electron chi connectivity index (χ4n) is 5.10. The lowest BCUT2D eigenvalue weighted by atomic mass is 9.59. The second kappa shape index (κ2) is 4.93. The highest BCUT2D eigenvalue weighted by Crippen LogP contribution is 2.57. The molecule has 6 heteroatoms. The molecule has 5 rings (SSSR count). The molecule has 0 bridgehead atoms. The molecular weight excluding hydrogens is 330 g/mol. The first-order chi connectivity index (χ1) is 11.5. The minimum absolute atomic E-state index is 0.170. The third kappa shape index (κ3) is 1.89. The number of aliphatic hydroxyl groups is 1. The van der Waals surface area contributed by atoms with Crippen LogP contribution < -0.4 is 0 Å². The van der Waals surface area contributed by atoms with E-state index in [-0.39, 0.29) is 10.6 Å². The molecule has 1 N–H and O–H groups in total. The highest BCUT2D eigenvalue weighted by Gasteiger charge is 2.53. The Kier molecular flexibility index (Phi) is 3.10. The van der Waals surface area contributed by atoms with E-state index in [1.54, 1.807) is 0 Å². The van der Waals surface area contributed by atoms with Crippen LogP contribution in [0.2, 0.25) is 5.15 Å². The fourth-order valence-corrected chi connectivity index (χ4v) is 5.37. The van der Waals surface area contributed by atoms with Gasteiger partial charge in [0.2, 0.25) is 0 Å². The average molecular weight is 350 g/mol. The van der Waals surface area contributed by atoms with Gasteiger partial charge in [0, 0.05) is 29.7 Å². The molecule has 1 aromatic rings. The van der Waals surface area contributed by atoms with Gasteiger partial charge in [-0.25, -0.2) is 9.78 Å². The Hall–Kier alpha value is -1.17. The molecule has 0 aromatic carbocycles. The second-order valence-electron chi connectivity index (χ2n) is 7.76. The first-order valence-corrected chi connectivity index (χ1v) is 9.13. The number of carbonyl (C=O) groups excluding carboxylic acids is 1. The molecule has 0 amide bonds. The van der Waals surface area contributed by atoms with Crippen molar-refractivity contribution in [3.63, 3.8) is 0 Å². The molecule has 4 aliphatic rings. The number of fused-ring (bicyclic) bond motifs is 4. The van der Waals surface area contributed by atoms with Crippen LogP contribution in [-0.4, -0.2) is 29.3 Å². The topological polar surface area (TPSA) is 68.7 Å². The third-order valence-corrected chi connectivity index (χ3v) is 6.71. The minimum atomic E-state index is -0.702. The predicted octanol–water partition coefficient (Wildman–Crippen LogP) is 3.06. The molecule has 2 aliphatic carbocycles. The monoisotopic (exact) mass is 349 g/mol. The van der Waals surface area contributed by atoms with Gasteiger partial charge in [-0.2, -0.15) is 0 Å². The summed E-state index contributed by atoms with van der Waals surface area (Å²) in [4.78, 5) is 17.0. The van der Waals surface area contributed by atoms with E-state index in [0.717, 1.165) is 42.5 Å². The van der Waals surface area contributed by atoms with Crippen molar-refractivity contribution in [2.24, 2.45) is 5.41 Å². The zero-order valence-electron chi connectivity index (χ0n) is 13.4. The van der Waals surface area contributed by atoms with Crippen molar-refractivity contribution in [3.8, 4) is 0 Å². The summed E-state index contributed by atoms with van der Waals surface area (Å²) in [5.74, 6) is -0.414. The van der Waals surface area contributed by atoms with Crippen LogP contribution in [0.5, 0.6) is 0 Å². The summed E-state index contributed by atoms with van der Waals surface area (Å²) < 4.78 is 11.3. The number of esters is 1. The molecule has 0 unspecified atom stereocenters. The summed E-state index contributed by atoms with van der Waals surface area (Å²) in [5, 5.41) is 11.2. The van der Waals surface area contributed by atoms with Crippen molar-refractivity contribution in [1.82, 2.24) is 4.98 Å². The maximum atomic E-state index is 12.5. The van der Waals surface area contributed by atoms with E-state index >= 15 is 0 Å². The van der Waals surface area contributed by atoms with E-state index < -0.39 is 17.7 Å². The van der Waals surface area contributed by atoms with Crippen molar-refractivity contribution in [2.75, 3.05) is 13.2 Å². The van der Waals surface area contributed by atoms with Crippen molar-refractivity contribution < 1.29 is 19.4 Å². The van der Waals surface area contributed by atoms with E-state index in [4.69, 9.17) is 21.1 Å². The Balaban J connectivity index is 1.72. The summed E-state index contributed by atoms with van der Waals surface area (Å²) in [6.07, 6.45) is 5.68. The first-order valence-electron chi connectivity index (χ1n) is 8.76. The van der Waals surface area contributed by atoms with Crippen LogP contribution in [0.1, 0.15) is 71.8 Å². The molecule has 2 spiro atoms. The van der Waals surface area contributed by atoms with Crippen molar-refractivity contribution in [2.45, 2.75) is 56.7 Å². The lowest BCUT2D eigenvalue weighted by Gasteiger charge is -2.47. The van der Waals surface area contributed by atoms with Gasteiger partial charge in [0.05, 0.1) is 19.3 Å². The molecule has 3 heterocycles.